The molecule has 0 aromatic carbocycles. The number of aliphatic hydroxyl groups excluding tert-OH is 15. The molecular weight excluding hydrogens is 1070 g/mol. The third-order valence-electron chi connectivity index (χ3n) is 14.4. The number of carbonyl (C=O) groups excluding carboxylic acids is 1. The first-order valence-electron chi connectivity index (χ1n) is 25.5. The van der Waals surface area contributed by atoms with E-state index in [4.69, 9.17) is 56.8 Å². The number of unbranched alkanes of at least 4 members (excludes halogenated alkanes) is 2. The van der Waals surface area contributed by atoms with Crippen LogP contribution in [0.1, 0.15) is 39.5 Å². The van der Waals surface area contributed by atoms with Gasteiger partial charge in [0, 0.05) is 24.9 Å². The second kappa shape index (κ2) is 28.8. The topological polar surface area (TPSA) is 534 Å². The third kappa shape index (κ3) is 14.7. The van der Waals surface area contributed by atoms with Crippen molar-refractivity contribution in [2.75, 3.05) is 52.7 Å². The van der Waals surface area contributed by atoms with Crippen molar-refractivity contribution in [1.82, 2.24) is 5.32 Å². The summed E-state index contributed by atoms with van der Waals surface area (Å²) in [6.07, 6.45) is -49.4. The fraction of sp³-hybridized carbons (Fsp3) is 0.977. The summed E-state index contributed by atoms with van der Waals surface area (Å²) in [4.78, 5) is 23.7. The Kier molecular flexibility index (Phi) is 24.0. The average molecular weight is 1150 g/mol. The molecule has 34 nitrogen and oxygen atoms in total. The van der Waals surface area contributed by atoms with Gasteiger partial charge in [0.15, 0.2) is 43.8 Å². The van der Waals surface area contributed by atoms with Crippen molar-refractivity contribution in [1.29, 1.82) is 0 Å². The number of nitro groups is 1. The largest absolute Gasteiger partial charge is 0.394 e. The van der Waals surface area contributed by atoms with Crippen LogP contribution in [-0.2, 0) is 61.6 Å². The summed E-state index contributed by atoms with van der Waals surface area (Å²) >= 11 is 0. The minimum Gasteiger partial charge on any atom is -0.394 e. The van der Waals surface area contributed by atoms with Gasteiger partial charge in [0.2, 0.25) is 12.5 Å². The van der Waals surface area contributed by atoms with Gasteiger partial charge in [0.1, 0.15) is 128 Å². The van der Waals surface area contributed by atoms with Crippen LogP contribution in [0.15, 0.2) is 0 Å². The molecule has 6 heterocycles. The van der Waals surface area contributed by atoms with Crippen LogP contribution in [-0.4, -0.2) is 323 Å². The monoisotopic (exact) mass is 1140 g/mol. The van der Waals surface area contributed by atoms with Crippen LogP contribution in [0, 0.1) is 10.1 Å². The maximum atomic E-state index is 12.9. The highest BCUT2D eigenvalue weighted by molar-refractivity contribution is 5.73. The summed E-state index contributed by atoms with van der Waals surface area (Å²) in [5.74, 6) is -0.873. The van der Waals surface area contributed by atoms with Crippen molar-refractivity contribution >= 4 is 5.91 Å². The van der Waals surface area contributed by atoms with Gasteiger partial charge in [0.05, 0.1) is 45.7 Å². The van der Waals surface area contributed by atoms with Crippen LogP contribution in [0.4, 0.5) is 0 Å². The zero-order valence-electron chi connectivity index (χ0n) is 42.6. The van der Waals surface area contributed by atoms with Gasteiger partial charge in [-0.1, -0.05) is 0 Å². The van der Waals surface area contributed by atoms with Crippen molar-refractivity contribution < 1.29 is 154 Å². The molecule has 29 unspecified atom stereocenters. The molecule has 6 aliphatic rings. The van der Waals surface area contributed by atoms with Crippen molar-refractivity contribution in [2.45, 2.75) is 217 Å². The van der Waals surface area contributed by atoms with E-state index in [-0.39, 0.29) is 13.0 Å². The lowest BCUT2D eigenvalue weighted by atomic mass is 9.88. The molecule has 0 aromatic rings. The molecule has 454 valence electrons. The molecule has 78 heavy (non-hydrogen) atoms. The van der Waals surface area contributed by atoms with E-state index in [2.05, 4.69) is 11.1 Å². The molecule has 6 saturated heterocycles. The summed E-state index contributed by atoms with van der Waals surface area (Å²) in [6, 6.07) is -1.81. The van der Waals surface area contributed by atoms with Gasteiger partial charge >= 0.3 is 0 Å². The van der Waals surface area contributed by atoms with Crippen LogP contribution in [0.2, 0.25) is 0 Å². The molecule has 0 saturated carbocycles. The lowest BCUT2D eigenvalue weighted by Crippen LogP contribution is -2.70. The summed E-state index contributed by atoms with van der Waals surface area (Å²) in [6.45, 7) is -2.89. The number of ether oxygens (including phenoxy) is 12. The number of amides is 1. The quantitative estimate of drug-likeness (QED) is 0.0242. The number of carbonyl (C=O) groups is 1. The highest BCUT2D eigenvalue weighted by atomic mass is 16.8. The predicted octanol–water partition coefficient (Wildman–Crippen LogP) is -11.8. The minimum atomic E-state index is -2.25. The van der Waals surface area contributed by atoms with Gasteiger partial charge in [-0.15, -0.1) is 0 Å². The van der Waals surface area contributed by atoms with E-state index in [1.807, 2.05) is 0 Å². The van der Waals surface area contributed by atoms with Gasteiger partial charge in [-0.2, -0.15) is 0 Å². The Balaban J connectivity index is 1.21. The predicted molar refractivity (Wildman–Crippen MR) is 244 cm³/mol. The van der Waals surface area contributed by atoms with Crippen LogP contribution in [0.5, 0.6) is 0 Å². The maximum Gasteiger partial charge on any atom is 0.232 e. The molecule has 20 N–H and O–H groups in total. The molecule has 6 fully saturated rings. The Bertz CT molecular complexity index is 1860. The number of nitrogens with zero attached hydrogens (tertiary/aromatic N) is 1. The van der Waals surface area contributed by atoms with Gasteiger partial charge in [-0.05, 0) is 26.2 Å². The van der Waals surface area contributed by atoms with E-state index in [0.717, 1.165) is 13.3 Å². The molecular formula is C44H78N3O31+. The summed E-state index contributed by atoms with van der Waals surface area (Å²) < 4.78 is 69.3. The molecule has 0 bridgehead atoms. The van der Waals surface area contributed by atoms with Crippen LogP contribution in [0.3, 0.4) is 0 Å². The number of hydrogen-bond acceptors (Lipinski definition) is 31. The van der Waals surface area contributed by atoms with Gasteiger partial charge in [0.25, 0.3) is 0 Å². The first kappa shape index (κ1) is 64.9. The molecule has 0 aromatic heterocycles. The van der Waals surface area contributed by atoms with Gasteiger partial charge in [-0.25, -0.2) is 0 Å². The average Bonchev–Trinajstić information content (AvgIpc) is 3.41. The fourth-order valence-electron chi connectivity index (χ4n) is 10.1. The number of quaternary nitrogens is 1. The van der Waals surface area contributed by atoms with E-state index >= 15 is 0 Å². The number of hydrogen-bond donors (Lipinski definition) is 18. The smallest absolute Gasteiger partial charge is 0.232 e. The van der Waals surface area contributed by atoms with Crippen molar-refractivity contribution in [3.05, 3.63) is 10.1 Å². The lowest BCUT2D eigenvalue weighted by molar-refractivity contribution is -0.505. The number of rotatable bonds is 24. The summed E-state index contributed by atoms with van der Waals surface area (Å²) in [5.41, 5.74) is 1.55. The van der Waals surface area contributed by atoms with Gasteiger partial charge < -0.3 is 150 Å². The number of aliphatic hydroxyl groups is 16. The first-order chi connectivity index (χ1) is 37.0. The van der Waals surface area contributed by atoms with Crippen LogP contribution < -0.4 is 11.1 Å². The van der Waals surface area contributed by atoms with Crippen molar-refractivity contribution in [2.24, 2.45) is 0 Å². The van der Waals surface area contributed by atoms with Crippen molar-refractivity contribution in [3.8, 4) is 0 Å². The molecule has 6 rings (SSSR count). The van der Waals surface area contributed by atoms with Gasteiger partial charge in [-0.3, -0.25) is 14.9 Å². The van der Waals surface area contributed by atoms with E-state index < -0.39 is 228 Å². The second-order valence-corrected chi connectivity index (χ2v) is 20.1. The minimum absolute atomic E-state index is 0.0488. The Morgan fingerprint density at radius 3 is 1.62 bits per heavy atom. The number of nitrogens with one attached hydrogen (secondary N) is 1. The van der Waals surface area contributed by atoms with Crippen LogP contribution in [0.25, 0.3) is 0 Å². The maximum absolute atomic E-state index is 12.9. The molecule has 6 aliphatic heterocycles. The summed E-state index contributed by atoms with van der Waals surface area (Å²) in [5, 5.41) is 189. The van der Waals surface area contributed by atoms with Crippen LogP contribution >= 0.6 is 0 Å². The standard InChI is InChI=1S/C44H77N3O31/c1-15-8-44(64,14-52)37(63)43(68-15)78-36-26(57)23(54)18(10-48)72-42(36)76-34-22(46-16(2)53)38(70-19(11-49)24(34)55)77-35-25(56)20(12-50)71-41(31(35)62)75-33-21(13-51)73-40(30(61)28(33)59)74-32-17(9-47(65)66)69-39(29(60)27(32)58)67-7-5-3-4-6-45/h15,17-43,48-52,54-64H,3-14,45H2,1-2H3,(H,46,53)/p+1. The SMILES string of the molecule is CC(=O)NC1C(OC2C(O)C(CO)OC(OC3C(CO)OC(OC4C(C[N+](=O)[O-])OC(OCCCCC[NH3+])C(O)C4O)C(O)C3O)C2O)OC(CO)C(O)C1OC1OC(CO)C(O)C(O)C1OC1OC(C)CC(O)(CO)C1O. The fourth-order valence-corrected chi connectivity index (χ4v) is 10.1. The molecule has 0 aliphatic carbocycles. The molecule has 1 amide bonds. The molecule has 0 spiro atoms. The van der Waals surface area contributed by atoms with E-state index in [9.17, 15) is 96.6 Å². The van der Waals surface area contributed by atoms with Crippen molar-refractivity contribution in [3.63, 3.8) is 0 Å². The Hall–Kier alpha value is -2.29. The highest BCUT2D eigenvalue weighted by Gasteiger charge is 2.59. The Morgan fingerprint density at radius 1 is 0.564 bits per heavy atom. The highest BCUT2D eigenvalue weighted by Crippen LogP contribution is 2.38. The normalized spacial score (nSPS) is 47.4. The van der Waals surface area contributed by atoms with E-state index in [1.54, 1.807) is 0 Å². The first-order valence-corrected chi connectivity index (χ1v) is 25.5. The lowest BCUT2D eigenvalue weighted by Gasteiger charge is -2.51. The second-order valence-electron chi connectivity index (χ2n) is 20.1. The summed E-state index contributed by atoms with van der Waals surface area (Å²) in [7, 11) is 0. The van der Waals surface area contributed by atoms with E-state index in [1.165, 1.54) is 6.92 Å². The molecule has 34 heteroatoms. The zero-order valence-corrected chi connectivity index (χ0v) is 42.6. The Labute approximate surface area is 444 Å². The Morgan fingerprint density at radius 2 is 1.04 bits per heavy atom. The molecule has 29 atom stereocenters. The third-order valence-corrected chi connectivity index (χ3v) is 14.4. The van der Waals surface area contributed by atoms with E-state index in [0.29, 0.717) is 19.4 Å². The zero-order chi connectivity index (χ0) is 57.5. The molecule has 0 radical (unpaired) electrons.